The van der Waals surface area contributed by atoms with Crippen LogP contribution in [0.5, 0.6) is 0 Å². The van der Waals surface area contributed by atoms with Crippen molar-refractivity contribution in [3.63, 3.8) is 0 Å². The van der Waals surface area contributed by atoms with Crippen molar-refractivity contribution in [2.24, 2.45) is 0 Å². The molecule has 0 saturated carbocycles. The minimum absolute atomic E-state index is 0.0475. The van der Waals surface area contributed by atoms with E-state index in [-0.39, 0.29) is 16.3 Å². The third kappa shape index (κ3) is 3.43. The predicted octanol–water partition coefficient (Wildman–Crippen LogP) is 1.89. The maximum Gasteiger partial charge on any atom is 0.271 e. The number of amides is 1. The van der Waals surface area contributed by atoms with Crippen molar-refractivity contribution < 1.29 is 9.72 Å². The predicted molar refractivity (Wildman–Crippen MR) is 60.6 cm³/mol. The van der Waals surface area contributed by atoms with Crippen LogP contribution in [0, 0.1) is 21.4 Å². The average molecular weight is 254 g/mol. The van der Waals surface area contributed by atoms with E-state index in [1.54, 1.807) is 0 Å². The number of non-ortho nitro benzene ring substituents is 1. The number of carbonyl (C=O) groups excluding carboxylic acids is 1. The number of carbonyl (C=O) groups is 1. The van der Waals surface area contributed by atoms with E-state index in [4.69, 9.17) is 16.9 Å². The van der Waals surface area contributed by atoms with Crippen molar-refractivity contribution in [1.29, 1.82) is 5.26 Å². The second kappa shape index (κ2) is 5.27. The number of nitrogens with one attached hydrogen (secondary N) is 1. The Morgan fingerprint density at radius 1 is 1.59 bits per heavy atom. The van der Waals surface area contributed by atoms with Gasteiger partial charge in [0.25, 0.3) is 11.6 Å². The summed E-state index contributed by atoms with van der Waals surface area (Å²) in [5.74, 6) is -0.579. The number of benzene rings is 1. The summed E-state index contributed by atoms with van der Waals surface area (Å²) in [5, 5.41) is 21.5. The molecule has 0 radical (unpaired) electrons. The smallest absolute Gasteiger partial charge is 0.271 e. The molecule has 1 N–H and O–H groups in total. The highest BCUT2D eigenvalue weighted by atomic mass is 35.5. The van der Waals surface area contributed by atoms with Gasteiger partial charge in [0.15, 0.2) is 0 Å². The van der Waals surface area contributed by atoms with Gasteiger partial charge >= 0.3 is 0 Å². The Morgan fingerprint density at radius 2 is 2.24 bits per heavy atom. The fourth-order valence-corrected chi connectivity index (χ4v) is 1.35. The Bertz CT molecular complexity index is 510. The number of nitro groups is 1. The Hall–Kier alpha value is -2.13. The normalized spacial score (nSPS) is 11.4. The zero-order valence-corrected chi connectivity index (χ0v) is 9.56. The minimum Gasteiger partial charge on any atom is -0.337 e. The van der Waals surface area contributed by atoms with Gasteiger partial charge in [-0.3, -0.25) is 14.9 Å². The third-order valence-electron chi connectivity index (χ3n) is 1.90. The molecule has 0 fully saturated rings. The van der Waals surface area contributed by atoms with Gasteiger partial charge in [-0.15, -0.1) is 0 Å². The summed E-state index contributed by atoms with van der Waals surface area (Å²) in [5.41, 5.74) is -0.224. The molecule has 1 aromatic carbocycles. The van der Waals surface area contributed by atoms with Crippen molar-refractivity contribution in [3.8, 4) is 6.07 Å². The summed E-state index contributed by atoms with van der Waals surface area (Å²) in [4.78, 5) is 21.5. The van der Waals surface area contributed by atoms with E-state index in [1.165, 1.54) is 13.0 Å². The highest BCUT2D eigenvalue weighted by molar-refractivity contribution is 6.31. The molecule has 88 valence electrons. The lowest BCUT2D eigenvalue weighted by Gasteiger charge is -2.06. The molecule has 1 unspecified atom stereocenters. The zero-order chi connectivity index (χ0) is 13.0. The van der Waals surface area contributed by atoms with Crippen LogP contribution in [0.2, 0.25) is 5.02 Å². The molecular weight excluding hydrogens is 246 g/mol. The summed E-state index contributed by atoms with van der Waals surface area (Å²) < 4.78 is 0. The van der Waals surface area contributed by atoms with Crippen molar-refractivity contribution in [1.82, 2.24) is 5.32 Å². The monoisotopic (exact) mass is 253 g/mol. The van der Waals surface area contributed by atoms with E-state index < -0.39 is 16.9 Å². The fraction of sp³-hybridized carbons (Fsp3) is 0.200. The zero-order valence-electron chi connectivity index (χ0n) is 8.81. The van der Waals surface area contributed by atoms with E-state index in [0.29, 0.717) is 0 Å². The quantitative estimate of drug-likeness (QED) is 0.657. The van der Waals surface area contributed by atoms with Crippen LogP contribution in [0.1, 0.15) is 17.3 Å². The van der Waals surface area contributed by atoms with E-state index in [9.17, 15) is 14.9 Å². The second-order valence-electron chi connectivity index (χ2n) is 3.28. The number of hydrogen-bond donors (Lipinski definition) is 1. The SMILES string of the molecule is CC(C#N)NC(=O)c1cc(Cl)cc([N+](=O)[O-])c1. The van der Waals surface area contributed by atoms with Crippen LogP contribution in [-0.2, 0) is 0 Å². The maximum absolute atomic E-state index is 11.6. The Balaban J connectivity index is 3.02. The summed E-state index contributed by atoms with van der Waals surface area (Å²) in [7, 11) is 0. The van der Waals surface area contributed by atoms with Crippen LogP contribution in [0.4, 0.5) is 5.69 Å². The van der Waals surface area contributed by atoms with Crippen LogP contribution in [0.25, 0.3) is 0 Å². The molecule has 6 nitrogen and oxygen atoms in total. The molecule has 1 amide bonds. The van der Waals surface area contributed by atoms with Crippen molar-refractivity contribution in [2.45, 2.75) is 13.0 Å². The number of halogens is 1. The first-order valence-electron chi connectivity index (χ1n) is 4.59. The average Bonchev–Trinajstić information content (AvgIpc) is 2.27. The van der Waals surface area contributed by atoms with E-state index >= 15 is 0 Å². The van der Waals surface area contributed by atoms with Crippen LogP contribution in [0.3, 0.4) is 0 Å². The topological polar surface area (TPSA) is 96.0 Å². The van der Waals surface area contributed by atoms with Gasteiger partial charge in [0.1, 0.15) is 6.04 Å². The second-order valence-corrected chi connectivity index (χ2v) is 3.72. The van der Waals surface area contributed by atoms with Gasteiger partial charge in [0.05, 0.1) is 11.0 Å². The highest BCUT2D eigenvalue weighted by Gasteiger charge is 2.15. The van der Waals surface area contributed by atoms with Gasteiger partial charge < -0.3 is 5.32 Å². The summed E-state index contributed by atoms with van der Waals surface area (Å²) in [6.07, 6.45) is 0. The van der Waals surface area contributed by atoms with Crippen LogP contribution < -0.4 is 5.32 Å². The molecule has 0 bridgehead atoms. The first-order chi connectivity index (χ1) is 7.93. The highest BCUT2D eigenvalue weighted by Crippen LogP contribution is 2.20. The van der Waals surface area contributed by atoms with Crippen LogP contribution in [0.15, 0.2) is 18.2 Å². The van der Waals surface area contributed by atoms with Crippen LogP contribution >= 0.6 is 11.6 Å². The lowest BCUT2D eigenvalue weighted by Crippen LogP contribution is -2.31. The molecule has 17 heavy (non-hydrogen) atoms. The van der Waals surface area contributed by atoms with E-state index in [0.717, 1.165) is 12.1 Å². The van der Waals surface area contributed by atoms with E-state index in [1.807, 2.05) is 6.07 Å². The molecule has 0 heterocycles. The molecule has 0 aromatic heterocycles. The molecule has 0 aliphatic rings. The molecule has 7 heteroatoms. The summed E-state index contributed by atoms with van der Waals surface area (Å²) >= 11 is 5.66. The lowest BCUT2D eigenvalue weighted by molar-refractivity contribution is -0.384. The number of nitrogens with zero attached hydrogens (tertiary/aromatic N) is 2. The Kier molecular flexibility index (Phi) is 4.01. The first-order valence-corrected chi connectivity index (χ1v) is 4.97. The molecular formula is C10H8ClN3O3. The first kappa shape index (κ1) is 12.9. The van der Waals surface area contributed by atoms with Crippen molar-refractivity contribution >= 4 is 23.2 Å². The van der Waals surface area contributed by atoms with Gasteiger partial charge in [-0.25, -0.2) is 0 Å². The minimum atomic E-state index is -0.680. The molecule has 0 aliphatic heterocycles. The Labute approximate surface area is 102 Å². The lowest BCUT2D eigenvalue weighted by atomic mass is 10.2. The molecule has 1 rings (SSSR count). The van der Waals surface area contributed by atoms with Gasteiger partial charge in [-0.05, 0) is 13.0 Å². The van der Waals surface area contributed by atoms with Crippen molar-refractivity contribution in [2.75, 3.05) is 0 Å². The largest absolute Gasteiger partial charge is 0.337 e. The van der Waals surface area contributed by atoms with Gasteiger partial charge in [0, 0.05) is 22.7 Å². The summed E-state index contributed by atoms with van der Waals surface area (Å²) in [6.45, 7) is 1.50. The number of hydrogen-bond acceptors (Lipinski definition) is 4. The standard InChI is InChI=1S/C10H8ClN3O3/c1-6(5-12)13-10(15)7-2-8(11)4-9(3-7)14(16)17/h2-4,6H,1H3,(H,13,15). The maximum atomic E-state index is 11.6. The number of rotatable bonds is 3. The summed E-state index contributed by atoms with van der Waals surface area (Å²) in [6, 6.07) is 4.69. The molecule has 1 aromatic rings. The Morgan fingerprint density at radius 3 is 2.76 bits per heavy atom. The molecule has 0 aliphatic carbocycles. The van der Waals surface area contributed by atoms with Gasteiger partial charge in [0.2, 0.25) is 0 Å². The molecule has 0 saturated heterocycles. The van der Waals surface area contributed by atoms with Gasteiger partial charge in [-0.1, -0.05) is 11.6 Å². The molecule has 1 atom stereocenters. The third-order valence-corrected chi connectivity index (χ3v) is 2.12. The number of nitro benzene ring substituents is 1. The fourth-order valence-electron chi connectivity index (χ4n) is 1.12. The van der Waals surface area contributed by atoms with Gasteiger partial charge in [-0.2, -0.15) is 5.26 Å². The molecule has 0 spiro atoms. The number of nitriles is 1. The van der Waals surface area contributed by atoms with Crippen LogP contribution in [-0.4, -0.2) is 16.9 Å². The van der Waals surface area contributed by atoms with E-state index in [2.05, 4.69) is 5.32 Å². The van der Waals surface area contributed by atoms with Crippen molar-refractivity contribution in [3.05, 3.63) is 38.9 Å².